The van der Waals surface area contributed by atoms with Crippen molar-refractivity contribution in [3.05, 3.63) is 59.8 Å². The van der Waals surface area contributed by atoms with Gasteiger partial charge in [-0.3, -0.25) is 0 Å². The molecule has 1 aliphatic carbocycles. The first-order chi connectivity index (χ1) is 21.6. The molecule has 12 nitrogen and oxygen atoms in total. The number of allylic oxidation sites excluding steroid dienone is 1. The highest BCUT2D eigenvalue weighted by molar-refractivity contribution is 5.73. The Hall–Kier alpha value is -4.19. The fourth-order valence-electron chi connectivity index (χ4n) is 5.36. The van der Waals surface area contributed by atoms with Crippen molar-refractivity contribution in [1.29, 1.82) is 0 Å². The Kier molecular flexibility index (Phi) is 12.1. The van der Waals surface area contributed by atoms with E-state index in [1.165, 1.54) is 0 Å². The van der Waals surface area contributed by atoms with Crippen molar-refractivity contribution < 1.29 is 38.1 Å². The maximum Gasteiger partial charge on any atom is 0.410 e. The SMILES string of the molecule is CCOC(=O)COc1nnccc1C1=CCC(OC[C@H]2[C@@H](NC(=O)OC(C)(C)C)CCCN2C(=O)OCc2ccccc2)CC1. The number of rotatable bonds is 11. The number of benzene rings is 1. The molecular formula is C33H44N4O8. The number of hydrogen-bond acceptors (Lipinski definition) is 10. The van der Waals surface area contributed by atoms with Gasteiger partial charge in [-0.15, -0.1) is 5.10 Å². The molecule has 1 saturated heterocycles. The predicted octanol–water partition coefficient (Wildman–Crippen LogP) is 5.07. The van der Waals surface area contributed by atoms with Gasteiger partial charge in [-0.05, 0) is 77.0 Å². The third-order valence-corrected chi connectivity index (χ3v) is 7.45. The van der Waals surface area contributed by atoms with Crippen LogP contribution in [-0.4, -0.2) is 83.4 Å². The number of likely N-dealkylation sites (tertiary alicyclic amines) is 1. The van der Waals surface area contributed by atoms with Gasteiger partial charge < -0.3 is 33.9 Å². The van der Waals surface area contributed by atoms with Crippen LogP contribution in [0.3, 0.4) is 0 Å². The van der Waals surface area contributed by atoms with Crippen molar-refractivity contribution in [2.45, 2.75) is 90.2 Å². The molecule has 1 N–H and O–H groups in total. The van der Waals surface area contributed by atoms with Crippen molar-refractivity contribution in [2.24, 2.45) is 0 Å². The number of carbonyl (C=O) groups is 3. The molecule has 2 heterocycles. The maximum atomic E-state index is 13.3. The molecule has 2 amide bonds. The smallest absolute Gasteiger partial charge is 0.410 e. The molecular weight excluding hydrogens is 580 g/mol. The summed E-state index contributed by atoms with van der Waals surface area (Å²) in [6.07, 6.45) is 6.00. The van der Waals surface area contributed by atoms with Gasteiger partial charge in [0.25, 0.3) is 0 Å². The van der Waals surface area contributed by atoms with Gasteiger partial charge >= 0.3 is 18.2 Å². The van der Waals surface area contributed by atoms with Gasteiger partial charge in [0, 0.05) is 12.1 Å². The molecule has 12 heteroatoms. The Morgan fingerprint density at radius 2 is 1.87 bits per heavy atom. The third-order valence-electron chi connectivity index (χ3n) is 7.45. The zero-order chi connectivity index (χ0) is 32.2. The highest BCUT2D eigenvalue weighted by Crippen LogP contribution is 2.33. The van der Waals surface area contributed by atoms with Crippen LogP contribution in [0.4, 0.5) is 9.59 Å². The number of esters is 1. The van der Waals surface area contributed by atoms with E-state index in [1.807, 2.05) is 57.2 Å². The van der Waals surface area contributed by atoms with Crippen LogP contribution >= 0.6 is 0 Å². The normalized spacial score (nSPS) is 20.0. The van der Waals surface area contributed by atoms with Crippen LogP contribution in [0.15, 0.2) is 48.7 Å². The number of amides is 2. The summed E-state index contributed by atoms with van der Waals surface area (Å²) in [4.78, 5) is 39.4. The van der Waals surface area contributed by atoms with Crippen molar-refractivity contribution in [3.63, 3.8) is 0 Å². The molecule has 3 atom stereocenters. The summed E-state index contributed by atoms with van der Waals surface area (Å²) >= 11 is 0. The van der Waals surface area contributed by atoms with E-state index < -0.39 is 29.8 Å². The van der Waals surface area contributed by atoms with Gasteiger partial charge in [0.15, 0.2) is 6.61 Å². The lowest BCUT2D eigenvalue weighted by Gasteiger charge is -2.41. The number of ether oxygens (including phenoxy) is 5. The standard InChI is InChI=1S/C33H44N4O8/c1-5-41-29(38)22-43-30-26(17-18-34-36-30)24-13-15-25(16-14-24)42-21-28-27(35-31(39)45-33(2,3)4)12-9-19-37(28)32(40)44-20-23-10-7-6-8-11-23/h6-8,10-11,13,17-18,25,27-28H,5,9,12,14-16,19-22H2,1-4H3,(H,35,39)/t25?,27-,28-/m0/s1. The molecule has 0 spiro atoms. The van der Waals surface area contributed by atoms with Gasteiger partial charge in [0.05, 0.1) is 37.6 Å². The molecule has 1 fully saturated rings. The molecule has 0 saturated carbocycles. The zero-order valence-electron chi connectivity index (χ0n) is 26.5. The highest BCUT2D eigenvalue weighted by Gasteiger charge is 2.38. The summed E-state index contributed by atoms with van der Waals surface area (Å²) in [5, 5.41) is 10.9. The van der Waals surface area contributed by atoms with Crippen LogP contribution < -0.4 is 10.1 Å². The Bertz CT molecular complexity index is 1310. The fraction of sp³-hybridized carbons (Fsp3) is 0.545. The second-order valence-electron chi connectivity index (χ2n) is 12.0. The van der Waals surface area contributed by atoms with Crippen LogP contribution in [-0.2, 0) is 30.3 Å². The van der Waals surface area contributed by atoms with E-state index in [0.717, 1.165) is 23.1 Å². The average Bonchev–Trinajstić information content (AvgIpc) is 3.02. The lowest BCUT2D eigenvalue weighted by atomic mass is 9.92. The molecule has 2 aliphatic rings. The summed E-state index contributed by atoms with van der Waals surface area (Å²) in [5.74, 6) is -0.195. The molecule has 2 aromatic rings. The van der Waals surface area contributed by atoms with E-state index >= 15 is 0 Å². The number of carbonyl (C=O) groups excluding carboxylic acids is 3. The van der Waals surface area contributed by atoms with Crippen molar-refractivity contribution in [2.75, 3.05) is 26.4 Å². The van der Waals surface area contributed by atoms with Crippen LogP contribution in [0, 0.1) is 0 Å². The third kappa shape index (κ3) is 10.4. The summed E-state index contributed by atoms with van der Waals surface area (Å²) < 4.78 is 28.1. The molecule has 45 heavy (non-hydrogen) atoms. The highest BCUT2D eigenvalue weighted by atomic mass is 16.6. The predicted molar refractivity (Wildman–Crippen MR) is 165 cm³/mol. The summed E-state index contributed by atoms with van der Waals surface area (Å²) in [7, 11) is 0. The number of hydrogen-bond donors (Lipinski definition) is 1. The minimum atomic E-state index is -0.654. The molecule has 1 aromatic carbocycles. The molecule has 4 rings (SSSR count). The van der Waals surface area contributed by atoms with Crippen LogP contribution in [0.5, 0.6) is 5.88 Å². The molecule has 1 aliphatic heterocycles. The summed E-state index contributed by atoms with van der Waals surface area (Å²) in [6, 6.07) is 10.5. The van der Waals surface area contributed by atoms with E-state index in [0.29, 0.717) is 32.2 Å². The van der Waals surface area contributed by atoms with E-state index in [9.17, 15) is 14.4 Å². The topological polar surface area (TPSA) is 138 Å². The van der Waals surface area contributed by atoms with Gasteiger partial charge in [-0.25, -0.2) is 14.4 Å². The minimum Gasteiger partial charge on any atom is -0.464 e. The lowest BCUT2D eigenvalue weighted by molar-refractivity contribution is -0.145. The second kappa shape index (κ2) is 16.2. The molecule has 1 unspecified atom stereocenters. The Morgan fingerprint density at radius 1 is 1.07 bits per heavy atom. The van der Waals surface area contributed by atoms with Gasteiger partial charge in [-0.2, -0.15) is 5.10 Å². The second-order valence-corrected chi connectivity index (χ2v) is 12.0. The van der Waals surface area contributed by atoms with Gasteiger partial charge in [-0.1, -0.05) is 36.4 Å². The Labute approximate surface area is 264 Å². The van der Waals surface area contributed by atoms with Crippen molar-refractivity contribution in [3.8, 4) is 5.88 Å². The first kappa shape index (κ1) is 33.7. The zero-order valence-corrected chi connectivity index (χ0v) is 26.5. The number of aromatic nitrogens is 2. The molecule has 1 aromatic heterocycles. The fourth-order valence-corrected chi connectivity index (χ4v) is 5.36. The summed E-state index contributed by atoms with van der Waals surface area (Å²) in [5.41, 5.74) is 2.03. The van der Waals surface area contributed by atoms with Crippen LogP contribution in [0.1, 0.15) is 70.9 Å². The molecule has 0 radical (unpaired) electrons. The van der Waals surface area contributed by atoms with E-state index in [2.05, 4.69) is 21.6 Å². The number of nitrogens with one attached hydrogen (secondary N) is 1. The van der Waals surface area contributed by atoms with Gasteiger partial charge in [0.2, 0.25) is 5.88 Å². The van der Waals surface area contributed by atoms with Crippen molar-refractivity contribution in [1.82, 2.24) is 20.4 Å². The average molecular weight is 625 g/mol. The van der Waals surface area contributed by atoms with Crippen LogP contribution in [0.2, 0.25) is 0 Å². The van der Waals surface area contributed by atoms with Crippen molar-refractivity contribution >= 4 is 23.7 Å². The van der Waals surface area contributed by atoms with E-state index in [4.69, 9.17) is 23.7 Å². The molecule has 244 valence electrons. The van der Waals surface area contributed by atoms with E-state index in [-0.39, 0.29) is 44.5 Å². The van der Waals surface area contributed by atoms with E-state index in [1.54, 1.807) is 18.0 Å². The quantitative estimate of drug-likeness (QED) is 0.266. The Morgan fingerprint density at radius 3 is 2.58 bits per heavy atom. The first-order valence-corrected chi connectivity index (χ1v) is 15.5. The van der Waals surface area contributed by atoms with Crippen LogP contribution in [0.25, 0.3) is 5.57 Å². The minimum absolute atomic E-state index is 0.0984. The Balaban J connectivity index is 1.40. The largest absolute Gasteiger partial charge is 0.464 e. The number of nitrogens with zero attached hydrogens (tertiary/aromatic N) is 3. The van der Waals surface area contributed by atoms with Gasteiger partial charge in [0.1, 0.15) is 12.2 Å². The summed E-state index contributed by atoms with van der Waals surface area (Å²) in [6.45, 7) is 8.05. The first-order valence-electron chi connectivity index (χ1n) is 15.5. The maximum absolute atomic E-state index is 13.3. The number of alkyl carbamates (subject to hydrolysis) is 1. The monoisotopic (exact) mass is 624 g/mol. The molecule has 0 bridgehead atoms. The lowest BCUT2D eigenvalue weighted by Crippen LogP contribution is -2.59. The number of piperidine rings is 1.